The van der Waals surface area contributed by atoms with Crippen molar-refractivity contribution in [1.29, 1.82) is 0 Å². The number of imide groups is 1. The lowest BCUT2D eigenvalue weighted by atomic mass is 9.91. The van der Waals surface area contributed by atoms with E-state index in [0.717, 1.165) is 23.8 Å². The second-order valence-electron chi connectivity index (χ2n) is 6.60. The molecule has 0 saturated carbocycles. The van der Waals surface area contributed by atoms with E-state index in [9.17, 15) is 23.2 Å². The van der Waals surface area contributed by atoms with Gasteiger partial charge in [-0.25, -0.2) is 13.6 Å². The Bertz CT molecular complexity index is 998. The van der Waals surface area contributed by atoms with E-state index in [-0.39, 0.29) is 5.56 Å². The minimum atomic E-state index is -1.83. The molecule has 28 heavy (non-hydrogen) atoms. The Kier molecular flexibility index (Phi) is 5.08. The topological polar surface area (TPSA) is 78.5 Å². The molecule has 1 aliphatic rings. The number of amides is 4. The largest absolute Gasteiger partial charge is 0.325 e. The molecule has 0 spiro atoms. The molecule has 2 aromatic carbocycles. The van der Waals surface area contributed by atoms with Crippen LogP contribution in [0, 0.1) is 18.6 Å². The van der Waals surface area contributed by atoms with Crippen molar-refractivity contribution in [2.24, 2.45) is 0 Å². The highest BCUT2D eigenvalue weighted by Gasteiger charge is 2.50. The molecule has 1 aliphatic heterocycles. The number of hydrogen-bond acceptors (Lipinski definition) is 3. The standard InChI is InChI=1S/C19H16ClF2N3O3/c1-10-3-6-15(13(20)7-10)23-16(26)9-25-17(27)19(2,24-18(25)28)12-8-11(21)4-5-14(12)22/h3-8H,9H2,1-2H3,(H,23,26)(H,24,28)/t19-/m0/s1. The van der Waals surface area contributed by atoms with Gasteiger partial charge >= 0.3 is 6.03 Å². The van der Waals surface area contributed by atoms with E-state index >= 15 is 0 Å². The van der Waals surface area contributed by atoms with Crippen molar-refractivity contribution in [2.45, 2.75) is 19.4 Å². The molecular weight excluding hydrogens is 392 g/mol. The number of anilines is 1. The number of benzene rings is 2. The van der Waals surface area contributed by atoms with E-state index < -0.39 is 41.6 Å². The van der Waals surface area contributed by atoms with Gasteiger partial charge in [-0.05, 0) is 49.7 Å². The SMILES string of the molecule is Cc1ccc(NC(=O)CN2C(=O)N[C@@](C)(c3cc(F)ccc3F)C2=O)c(Cl)c1. The minimum absolute atomic E-state index is 0.303. The Morgan fingerprint density at radius 2 is 1.93 bits per heavy atom. The number of aryl methyl sites for hydroxylation is 1. The zero-order chi connectivity index (χ0) is 20.6. The zero-order valence-electron chi connectivity index (χ0n) is 15.0. The minimum Gasteiger partial charge on any atom is -0.323 e. The molecule has 1 atom stereocenters. The fourth-order valence-corrected chi connectivity index (χ4v) is 3.24. The van der Waals surface area contributed by atoms with Gasteiger partial charge in [-0.15, -0.1) is 0 Å². The van der Waals surface area contributed by atoms with Gasteiger partial charge in [0.05, 0.1) is 10.7 Å². The number of rotatable bonds is 4. The second-order valence-corrected chi connectivity index (χ2v) is 7.01. The van der Waals surface area contributed by atoms with E-state index in [2.05, 4.69) is 10.6 Å². The smallest absolute Gasteiger partial charge is 0.323 e. The van der Waals surface area contributed by atoms with Crippen LogP contribution in [0.25, 0.3) is 0 Å². The summed E-state index contributed by atoms with van der Waals surface area (Å²) in [5.41, 5.74) is -0.936. The molecule has 1 heterocycles. The molecule has 0 radical (unpaired) electrons. The van der Waals surface area contributed by atoms with E-state index in [1.54, 1.807) is 18.2 Å². The first-order valence-corrected chi connectivity index (χ1v) is 8.65. The monoisotopic (exact) mass is 407 g/mol. The lowest BCUT2D eigenvalue weighted by Gasteiger charge is -2.22. The van der Waals surface area contributed by atoms with Gasteiger partial charge in [0, 0.05) is 5.56 Å². The van der Waals surface area contributed by atoms with Crippen LogP contribution in [0.5, 0.6) is 0 Å². The van der Waals surface area contributed by atoms with Gasteiger partial charge in [-0.2, -0.15) is 0 Å². The third kappa shape index (κ3) is 3.55. The molecule has 1 saturated heterocycles. The van der Waals surface area contributed by atoms with E-state index in [0.29, 0.717) is 15.6 Å². The third-order valence-electron chi connectivity index (χ3n) is 4.44. The average Bonchev–Trinajstić information content (AvgIpc) is 2.83. The summed E-state index contributed by atoms with van der Waals surface area (Å²) in [6.07, 6.45) is 0. The van der Waals surface area contributed by atoms with Crippen molar-refractivity contribution in [3.05, 3.63) is 64.2 Å². The summed E-state index contributed by atoms with van der Waals surface area (Å²) in [6, 6.07) is 6.69. The lowest BCUT2D eigenvalue weighted by Crippen LogP contribution is -2.42. The third-order valence-corrected chi connectivity index (χ3v) is 4.76. The van der Waals surface area contributed by atoms with E-state index in [1.807, 2.05) is 6.92 Å². The Balaban J connectivity index is 1.80. The Morgan fingerprint density at radius 3 is 2.61 bits per heavy atom. The summed E-state index contributed by atoms with van der Waals surface area (Å²) >= 11 is 6.05. The predicted octanol–water partition coefficient (Wildman–Crippen LogP) is 3.33. The van der Waals surface area contributed by atoms with E-state index in [4.69, 9.17) is 11.6 Å². The van der Waals surface area contributed by atoms with Crippen molar-refractivity contribution < 1.29 is 23.2 Å². The second kappa shape index (κ2) is 7.20. The Morgan fingerprint density at radius 1 is 1.21 bits per heavy atom. The van der Waals surface area contributed by atoms with Crippen molar-refractivity contribution in [3.8, 4) is 0 Å². The molecule has 4 amide bonds. The number of carbonyl (C=O) groups is 3. The van der Waals surface area contributed by atoms with Crippen LogP contribution in [-0.4, -0.2) is 29.3 Å². The summed E-state index contributed by atoms with van der Waals surface area (Å²) < 4.78 is 27.7. The molecule has 146 valence electrons. The van der Waals surface area contributed by atoms with E-state index in [1.165, 1.54) is 6.92 Å². The molecule has 3 rings (SSSR count). The fraction of sp³-hybridized carbons (Fsp3) is 0.211. The highest BCUT2D eigenvalue weighted by Crippen LogP contribution is 2.31. The first-order valence-electron chi connectivity index (χ1n) is 8.27. The number of halogens is 3. The Hall–Kier alpha value is -3.00. The van der Waals surface area contributed by atoms with Gasteiger partial charge in [-0.3, -0.25) is 14.5 Å². The Labute approximate surface area is 164 Å². The van der Waals surface area contributed by atoms with Crippen molar-refractivity contribution in [2.75, 3.05) is 11.9 Å². The average molecular weight is 408 g/mol. The van der Waals surface area contributed by atoms with Gasteiger partial charge in [0.25, 0.3) is 5.91 Å². The summed E-state index contributed by atoms with van der Waals surface area (Å²) in [5, 5.41) is 5.14. The van der Waals surface area contributed by atoms with Crippen LogP contribution in [-0.2, 0) is 15.1 Å². The highest BCUT2D eigenvalue weighted by molar-refractivity contribution is 6.33. The maximum absolute atomic E-state index is 14.1. The van der Waals surface area contributed by atoms with Crippen molar-refractivity contribution >= 4 is 35.1 Å². The van der Waals surface area contributed by atoms with Gasteiger partial charge < -0.3 is 10.6 Å². The number of carbonyl (C=O) groups excluding carboxylic acids is 3. The zero-order valence-corrected chi connectivity index (χ0v) is 15.7. The van der Waals surface area contributed by atoms with Crippen LogP contribution in [0.2, 0.25) is 5.02 Å². The molecule has 0 unspecified atom stereocenters. The maximum atomic E-state index is 14.1. The molecule has 9 heteroatoms. The van der Waals surface area contributed by atoms with Gasteiger partial charge in [0.1, 0.15) is 23.7 Å². The van der Waals surface area contributed by atoms with Crippen LogP contribution in [0.15, 0.2) is 36.4 Å². The number of nitrogens with zero attached hydrogens (tertiary/aromatic N) is 1. The quantitative estimate of drug-likeness (QED) is 0.763. The highest BCUT2D eigenvalue weighted by atomic mass is 35.5. The molecule has 2 N–H and O–H groups in total. The number of nitrogens with one attached hydrogen (secondary N) is 2. The summed E-state index contributed by atoms with van der Waals surface area (Å²) in [5.74, 6) is -3.15. The lowest BCUT2D eigenvalue weighted by molar-refractivity contribution is -0.133. The maximum Gasteiger partial charge on any atom is 0.325 e. The van der Waals surface area contributed by atoms with Crippen molar-refractivity contribution in [1.82, 2.24) is 10.2 Å². The number of hydrogen-bond donors (Lipinski definition) is 2. The molecule has 6 nitrogen and oxygen atoms in total. The number of urea groups is 1. The van der Waals surface area contributed by atoms with Crippen LogP contribution < -0.4 is 10.6 Å². The molecule has 0 aromatic heterocycles. The fourth-order valence-electron chi connectivity index (χ4n) is 2.96. The molecule has 0 aliphatic carbocycles. The first-order chi connectivity index (χ1) is 13.1. The molecule has 1 fully saturated rings. The van der Waals surface area contributed by atoms with Gasteiger partial charge in [0.15, 0.2) is 0 Å². The van der Waals surface area contributed by atoms with Crippen LogP contribution in [0.4, 0.5) is 19.3 Å². The van der Waals surface area contributed by atoms with Crippen LogP contribution in [0.1, 0.15) is 18.1 Å². The summed E-state index contributed by atoms with van der Waals surface area (Å²) in [4.78, 5) is 37.9. The van der Waals surface area contributed by atoms with Gasteiger partial charge in [-0.1, -0.05) is 17.7 Å². The molecular formula is C19H16ClF2N3O3. The van der Waals surface area contributed by atoms with Gasteiger partial charge in [0.2, 0.25) is 5.91 Å². The normalized spacial score (nSPS) is 19.0. The first kappa shape index (κ1) is 19.8. The summed E-state index contributed by atoms with van der Waals surface area (Å²) in [6.45, 7) is 2.47. The molecule has 2 aromatic rings. The predicted molar refractivity (Wildman–Crippen MR) is 98.8 cm³/mol. The molecule has 0 bridgehead atoms. The van der Waals surface area contributed by atoms with Crippen molar-refractivity contribution in [3.63, 3.8) is 0 Å². The summed E-state index contributed by atoms with van der Waals surface area (Å²) in [7, 11) is 0. The van der Waals surface area contributed by atoms with Crippen LogP contribution in [0.3, 0.4) is 0 Å². The van der Waals surface area contributed by atoms with Crippen LogP contribution >= 0.6 is 11.6 Å².